The van der Waals surface area contributed by atoms with Gasteiger partial charge in [0.2, 0.25) is 5.92 Å². The SMILES string of the molecule is NC(=O)c1nccc2[nH]c(-c3ccc(C4CC(F)(F)C4)cc3C3CCCCC3)cc(=O)c12. The number of pyridine rings is 2. The van der Waals surface area contributed by atoms with Crippen molar-refractivity contribution in [2.75, 3.05) is 0 Å². The number of nitrogens with zero attached hydrogens (tertiary/aromatic N) is 1. The first-order valence-corrected chi connectivity index (χ1v) is 11.2. The van der Waals surface area contributed by atoms with Crippen molar-refractivity contribution in [3.63, 3.8) is 0 Å². The number of nitrogens with one attached hydrogen (secondary N) is 1. The van der Waals surface area contributed by atoms with Crippen molar-refractivity contribution in [1.29, 1.82) is 0 Å². The minimum absolute atomic E-state index is 0.0518. The molecule has 2 saturated carbocycles. The largest absolute Gasteiger partial charge is 0.364 e. The van der Waals surface area contributed by atoms with Gasteiger partial charge in [-0.15, -0.1) is 0 Å². The highest BCUT2D eigenvalue weighted by atomic mass is 19.3. The second-order valence-corrected chi connectivity index (χ2v) is 9.14. The summed E-state index contributed by atoms with van der Waals surface area (Å²) in [6, 6.07) is 9.07. The van der Waals surface area contributed by atoms with Gasteiger partial charge in [0, 0.05) is 36.4 Å². The zero-order valence-electron chi connectivity index (χ0n) is 17.7. The van der Waals surface area contributed by atoms with Crippen LogP contribution in [0.1, 0.15) is 78.4 Å². The zero-order valence-corrected chi connectivity index (χ0v) is 17.7. The summed E-state index contributed by atoms with van der Waals surface area (Å²) in [7, 11) is 0. The molecule has 2 aliphatic rings. The number of nitrogens with two attached hydrogens (primary N) is 1. The maximum atomic E-state index is 13.5. The first kappa shape index (κ1) is 20.8. The highest BCUT2D eigenvalue weighted by Gasteiger charge is 2.46. The van der Waals surface area contributed by atoms with Gasteiger partial charge >= 0.3 is 0 Å². The molecule has 2 aromatic heterocycles. The summed E-state index contributed by atoms with van der Waals surface area (Å²) in [5.74, 6) is -3.11. The van der Waals surface area contributed by atoms with E-state index in [-0.39, 0.29) is 35.3 Å². The standard InChI is InChI=1S/C25H25F2N3O2/c26-25(27)12-16(13-25)15-6-7-17(18(10-15)14-4-2-1-3-5-14)20-11-21(31)22-19(30-20)8-9-29-23(22)24(28)32/h6-11,14,16H,1-5,12-13H2,(H2,28,32)(H,30,31). The Hall–Kier alpha value is -3.09. The number of carbonyl (C=O) groups excluding carboxylic acids is 1. The molecule has 0 aliphatic heterocycles. The molecule has 3 aromatic rings. The van der Waals surface area contributed by atoms with E-state index in [1.54, 1.807) is 6.07 Å². The van der Waals surface area contributed by atoms with Crippen LogP contribution in [0.3, 0.4) is 0 Å². The number of benzene rings is 1. The van der Waals surface area contributed by atoms with Crippen LogP contribution in [0.15, 0.2) is 41.3 Å². The molecule has 1 aromatic carbocycles. The molecule has 0 bridgehead atoms. The van der Waals surface area contributed by atoms with Crippen LogP contribution in [0.2, 0.25) is 0 Å². The number of H-pyrrole nitrogens is 1. The predicted octanol–water partition coefficient (Wildman–Crippen LogP) is 5.25. The number of aromatic amines is 1. The van der Waals surface area contributed by atoms with Crippen LogP contribution >= 0.6 is 0 Å². The summed E-state index contributed by atoms with van der Waals surface area (Å²) >= 11 is 0. The van der Waals surface area contributed by atoms with E-state index in [1.807, 2.05) is 12.1 Å². The lowest BCUT2D eigenvalue weighted by Gasteiger charge is -2.36. The average Bonchev–Trinajstić information content (AvgIpc) is 2.77. The molecule has 0 spiro atoms. The van der Waals surface area contributed by atoms with Crippen molar-refractivity contribution in [3.8, 4) is 11.3 Å². The van der Waals surface area contributed by atoms with E-state index in [2.05, 4.69) is 16.0 Å². The lowest BCUT2D eigenvalue weighted by Crippen LogP contribution is -2.33. The fraction of sp³-hybridized carbons (Fsp3) is 0.400. The Bertz CT molecular complexity index is 1250. The number of hydrogen-bond acceptors (Lipinski definition) is 3. The van der Waals surface area contributed by atoms with Gasteiger partial charge in [-0.2, -0.15) is 0 Å². The van der Waals surface area contributed by atoms with E-state index in [9.17, 15) is 18.4 Å². The number of halogens is 2. The molecule has 0 atom stereocenters. The number of amides is 1. The summed E-state index contributed by atoms with van der Waals surface area (Å²) < 4.78 is 27.0. The topological polar surface area (TPSA) is 88.8 Å². The Labute approximate surface area is 184 Å². The summed E-state index contributed by atoms with van der Waals surface area (Å²) in [5, 5.41) is 0.177. The van der Waals surface area contributed by atoms with Crippen LogP contribution in [0, 0.1) is 0 Å². The smallest absolute Gasteiger partial charge is 0.268 e. The number of fused-ring (bicyclic) bond motifs is 1. The normalized spacial score (nSPS) is 19.1. The lowest BCUT2D eigenvalue weighted by molar-refractivity contribution is -0.0867. The summed E-state index contributed by atoms with van der Waals surface area (Å²) in [6.07, 6.45) is 6.81. The molecule has 0 radical (unpaired) electrons. The van der Waals surface area contributed by atoms with Crippen LogP contribution in [0.4, 0.5) is 8.78 Å². The number of rotatable bonds is 4. The van der Waals surface area contributed by atoms with Crippen LogP contribution in [0.25, 0.3) is 22.2 Å². The average molecular weight is 437 g/mol. The molecule has 2 aliphatic carbocycles. The van der Waals surface area contributed by atoms with Crippen LogP contribution < -0.4 is 11.2 Å². The number of carbonyl (C=O) groups is 1. The van der Waals surface area contributed by atoms with Gasteiger partial charge in [-0.25, -0.2) is 8.78 Å². The molecule has 2 heterocycles. The summed E-state index contributed by atoms with van der Waals surface area (Å²) in [4.78, 5) is 31.9. The fourth-order valence-corrected chi connectivity index (χ4v) is 5.26. The molecule has 3 N–H and O–H groups in total. The zero-order chi connectivity index (χ0) is 22.5. The molecule has 32 heavy (non-hydrogen) atoms. The molecule has 166 valence electrons. The third kappa shape index (κ3) is 3.70. The van der Waals surface area contributed by atoms with Crippen LogP contribution in [-0.4, -0.2) is 21.8 Å². The Morgan fingerprint density at radius 2 is 1.81 bits per heavy atom. The van der Waals surface area contributed by atoms with Crippen molar-refractivity contribution in [3.05, 3.63) is 63.6 Å². The van der Waals surface area contributed by atoms with Gasteiger partial charge in [-0.1, -0.05) is 37.5 Å². The van der Waals surface area contributed by atoms with Gasteiger partial charge in [0.05, 0.1) is 10.9 Å². The third-order valence-electron chi connectivity index (χ3n) is 6.95. The van der Waals surface area contributed by atoms with Gasteiger partial charge in [-0.05, 0) is 41.9 Å². The van der Waals surface area contributed by atoms with E-state index >= 15 is 0 Å². The Morgan fingerprint density at radius 1 is 1.06 bits per heavy atom. The second-order valence-electron chi connectivity index (χ2n) is 9.14. The Kier molecular flexibility index (Phi) is 5.07. The molecule has 0 unspecified atom stereocenters. The van der Waals surface area contributed by atoms with E-state index < -0.39 is 11.8 Å². The van der Waals surface area contributed by atoms with Crippen molar-refractivity contribution < 1.29 is 13.6 Å². The van der Waals surface area contributed by atoms with E-state index in [0.717, 1.165) is 42.4 Å². The molecule has 1 amide bonds. The Morgan fingerprint density at radius 3 is 2.50 bits per heavy atom. The van der Waals surface area contributed by atoms with Gasteiger partial charge in [-0.3, -0.25) is 14.6 Å². The maximum absolute atomic E-state index is 13.5. The first-order chi connectivity index (χ1) is 15.3. The monoisotopic (exact) mass is 437 g/mol. The molecular formula is C25H25F2N3O2. The number of alkyl halides is 2. The van der Waals surface area contributed by atoms with E-state index in [0.29, 0.717) is 17.1 Å². The fourth-order valence-electron chi connectivity index (χ4n) is 5.26. The van der Waals surface area contributed by atoms with Gasteiger partial charge in [0.25, 0.3) is 5.91 Å². The quantitative estimate of drug-likeness (QED) is 0.584. The molecule has 5 nitrogen and oxygen atoms in total. The highest BCUT2D eigenvalue weighted by molar-refractivity contribution is 6.03. The first-order valence-electron chi connectivity index (χ1n) is 11.2. The van der Waals surface area contributed by atoms with E-state index in [1.165, 1.54) is 18.7 Å². The summed E-state index contributed by atoms with van der Waals surface area (Å²) in [5.41, 5.74) is 9.12. The van der Waals surface area contributed by atoms with Gasteiger partial charge in [0.1, 0.15) is 5.69 Å². The lowest BCUT2D eigenvalue weighted by atomic mass is 9.74. The van der Waals surface area contributed by atoms with Gasteiger partial charge in [0.15, 0.2) is 5.43 Å². The number of hydrogen-bond donors (Lipinski definition) is 2. The summed E-state index contributed by atoms with van der Waals surface area (Å²) in [6.45, 7) is 0. The van der Waals surface area contributed by atoms with Crippen molar-refractivity contribution in [1.82, 2.24) is 9.97 Å². The molecule has 0 saturated heterocycles. The number of aromatic nitrogens is 2. The third-order valence-corrected chi connectivity index (χ3v) is 6.95. The Balaban J connectivity index is 1.63. The molecule has 2 fully saturated rings. The molecular weight excluding hydrogens is 412 g/mol. The minimum Gasteiger partial charge on any atom is -0.364 e. The van der Waals surface area contributed by atoms with Crippen molar-refractivity contribution in [2.45, 2.75) is 62.7 Å². The number of primary amides is 1. The van der Waals surface area contributed by atoms with Gasteiger partial charge < -0.3 is 10.7 Å². The predicted molar refractivity (Wildman–Crippen MR) is 119 cm³/mol. The molecule has 7 heteroatoms. The minimum atomic E-state index is -2.57. The second kappa shape index (κ2) is 7.80. The van der Waals surface area contributed by atoms with Crippen molar-refractivity contribution in [2.24, 2.45) is 5.73 Å². The highest BCUT2D eigenvalue weighted by Crippen LogP contribution is 2.49. The van der Waals surface area contributed by atoms with E-state index in [4.69, 9.17) is 5.73 Å². The maximum Gasteiger partial charge on any atom is 0.268 e. The molecule has 5 rings (SSSR count). The van der Waals surface area contributed by atoms with Crippen molar-refractivity contribution >= 4 is 16.8 Å². The van der Waals surface area contributed by atoms with Crippen LogP contribution in [-0.2, 0) is 0 Å². The van der Waals surface area contributed by atoms with Crippen LogP contribution in [0.5, 0.6) is 0 Å².